The molecular formula is C25H23N7O2. The van der Waals surface area contributed by atoms with E-state index in [1.807, 2.05) is 54.6 Å². The van der Waals surface area contributed by atoms with E-state index in [-0.39, 0.29) is 5.91 Å². The standard InChI is InChI=1S/C25H23N7O2/c1-2-23(33)32-14-12-31(13-15-32)22-11-9-20-24(30-22)25(28-17-27-20)29-21-10-8-19(16-26-21)34-18-6-4-3-5-7-18/h2-11,16-17H,1,12-15H2,(H,26,27,28,29). The van der Waals surface area contributed by atoms with Crippen LogP contribution in [-0.2, 0) is 4.79 Å². The molecule has 0 spiro atoms. The van der Waals surface area contributed by atoms with Gasteiger partial charge in [-0.05, 0) is 42.5 Å². The summed E-state index contributed by atoms with van der Waals surface area (Å²) in [5, 5.41) is 3.23. The van der Waals surface area contributed by atoms with Gasteiger partial charge in [0.25, 0.3) is 0 Å². The van der Waals surface area contributed by atoms with Gasteiger partial charge in [-0.15, -0.1) is 0 Å². The molecule has 0 saturated carbocycles. The van der Waals surface area contributed by atoms with Crippen LogP contribution in [0.2, 0.25) is 0 Å². The Morgan fingerprint density at radius 3 is 2.50 bits per heavy atom. The van der Waals surface area contributed by atoms with E-state index in [1.54, 1.807) is 11.1 Å². The van der Waals surface area contributed by atoms with E-state index in [4.69, 9.17) is 9.72 Å². The molecule has 4 aromatic rings. The van der Waals surface area contributed by atoms with Crippen molar-refractivity contribution < 1.29 is 9.53 Å². The van der Waals surface area contributed by atoms with E-state index in [9.17, 15) is 4.79 Å². The van der Waals surface area contributed by atoms with E-state index >= 15 is 0 Å². The van der Waals surface area contributed by atoms with Gasteiger partial charge in [0.15, 0.2) is 5.82 Å². The van der Waals surface area contributed by atoms with Gasteiger partial charge in [-0.1, -0.05) is 24.8 Å². The molecule has 0 radical (unpaired) electrons. The highest BCUT2D eigenvalue weighted by Crippen LogP contribution is 2.26. The Kier molecular flexibility index (Phi) is 5.98. The second kappa shape index (κ2) is 9.53. The normalized spacial score (nSPS) is 13.5. The minimum absolute atomic E-state index is 0.0429. The first-order chi connectivity index (χ1) is 16.7. The number of pyridine rings is 2. The molecule has 34 heavy (non-hydrogen) atoms. The van der Waals surface area contributed by atoms with Crippen LogP contribution in [0.1, 0.15) is 0 Å². The van der Waals surface area contributed by atoms with Gasteiger partial charge >= 0.3 is 0 Å². The van der Waals surface area contributed by atoms with Gasteiger partial charge in [-0.3, -0.25) is 4.79 Å². The SMILES string of the molecule is C=CC(=O)N1CCN(c2ccc3ncnc(Nc4ccc(Oc5ccccc5)cn4)c3n2)CC1. The summed E-state index contributed by atoms with van der Waals surface area (Å²) in [6.07, 6.45) is 4.51. The van der Waals surface area contributed by atoms with Crippen LogP contribution in [0.4, 0.5) is 17.5 Å². The molecule has 170 valence electrons. The third-order valence-electron chi connectivity index (χ3n) is 5.52. The van der Waals surface area contributed by atoms with Gasteiger partial charge in [0.1, 0.15) is 35.0 Å². The van der Waals surface area contributed by atoms with Crippen molar-refractivity contribution >= 4 is 34.4 Å². The summed E-state index contributed by atoms with van der Waals surface area (Å²) in [5.74, 6) is 3.34. The van der Waals surface area contributed by atoms with Crippen LogP contribution in [0, 0.1) is 0 Å². The van der Waals surface area contributed by atoms with Gasteiger partial charge in [-0.25, -0.2) is 19.9 Å². The van der Waals surface area contributed by atoms with Crippen LogP contribution in [0.25, 0.3) is 11.0 Å². The minimum atomic E-state index is -0.0429. The number of para-hydroxylation sites is 1. The monoisotopic (exact) mass is 453 g/mol. The molecule has 1 saturated heterocycles. The first-order valence-corrected chi connectivity index (χ1v) is 10.9. The van der Waals surface area contributed by atoms with Crippen molar-refractivity contribution in [2.75, 3.05) is 36.4 Å². The Morgan fingerprint density at radius 2 is 1.76 bits per heavy atom. The predicted molar refractivity (Wildman–Crippen MR) is 130 cm³/mol. The lowest BCUT2D eigenvalue weighted by molar-refractivity contribution is -0.126. The molecule has 3 aromatic heterocycles. The van der Waals surface area contributed by atoms with Crippen LogP contribution in [0.3, 0.4) is 0 Å². The largest absolute Gasteiger partial charge is 0.456 e. The van der Waals surface area contributed by atoms with Crippen molar-refractivity contribution in [1.82, 2.24) is 24.8 Å². The van der Waals surface area contributed by atoms with Crippen molar-refractivity contribution in [2.24, 2.45) is 0 Å². The van der Waals surface area contributed by atoms with E-state index in [2.05, 4.69) is 31.7 Å². The zero-order valence-corrected chi connectivity index (χ0v) is 18.5. The summed E-state index contributed by atoms with van der Waals surface area (Å²) in [6.45, 7) is 6.21. The zero-order valence-electron chi connectivity index (χ0n) is 18.5. The molecule has 1 amide bonds. The third-order valence-corrected chi connectivity index (χ3v) is 5.52. The highest BCUT2D eigenvalue weighted by atomic mass is 16.5. The fraction of sp³-hybridized carbons (Fsp3) is 0.160. The van der Waals surface area contributed by atoms with Gasteiger partial charge in [0.05, 0.1) is 11.7 Å². The number of piperazine rings is 1. The smallest absolute Gasteiger partial charge is 0.246 e. The number of hydrogen-bond donors (Lipinski definition) is 1. The Balaban J connectivity index is 1.33. The maximum Gasteiger partial charge on any atom is 0.246 e. The predicted octanol–water partition coefficient (Wildman–Crippen LogP) is 3.79. The molecule has 9 heteroatoms. The average Bonchev–Trinajstić information content (AvgIpc) is 2.90. The number of carbonyl (C=O) groups excluding carboxylic acids is 1. The zero-order chi connectivity index (χ0) is 23.3. The van der Waals surface area contributed by atoms with Gasteiger partial charge in [0.2, 0.25) is 5.91 Å². The van der Waals surface area contributed by atoms with Crippen molar-refractivity contribution in [3.8, 4) is 11.5 Å². The molecule has 1 aliphatic rings. The molecule has 1 N–H and O–H groups in total. The molecule has 9 nitrogen and oxygen atoms in total. The molecule has 0 aliphatic carbocycles. The highest BCUT2D eigenvalue weighted by Gasteiger charge is 2.21. The fourth-order valence-electron chi connectivity index (χ4n) is 3.74. The molecule has 1 aliphatic heterocycles. The van der Waals surface area contributed by atoms with Crippen molar-refractivity contribution in [1.29, 1.82) is 0 Å². The molecular weight excluding hydrogens is 430 g/mol. The molecule has 0 atom stereocenters. The Morgan fingerprint density at radius 1 is 0.941 bits per heavy atom. The van der Waals surface area contributed by atoms with Crippen LogP contribution in [-0.4, -0.2) is 56.9 Å². The van der Waals surface area contributed by atoms with Crippen molar-refractivity contribution in [2.45, 2.75) is 0 Å². The second-order valence-corrected chi connectivity index (χ2v) is 7.70. The Bertz CT molecular complexity index is 1300. The number of hydrogen-bond acceptors (Lipinski definition) is 8. The van der Waals surface area contributed by atoms with Crippen LogP contribution < -0.4 is 15.0 Å². The number of anilines is 3. The average molecular weight is 454 g/mol. The number of nitrogens with zero attached hydrogens (tertiary/aromatic N) is 6. The lowest BCUT2D eigenvalue weighted by Gasteiger charge is -2.35. The lowest BCUT2D eigenvalue weighted by atomic mass is 10.2. The third kappa shape index (κ3) is 4.63. The van der Waals surface area contributed by atoms with E-state index < -0.39 is 0 Å². The van der Waals surface area contributed by atoms with Gasteiger partial charge in [-0.2, -0.15) is 0 Å². The summed E-state index contributed by atoms with van der Waals surface area (Å²) in [6, 6.07) is 17.1. The number of aromatic nitrogens is 4. The molecule has 5 rings (SSSR count). The molecule has 0 bridgehead atoms. The van der Waals surface area contributed by atoms with Crippen molar-refractivity contribution in [3.63, 3.8) is 0 Å². The van der Waals surface area contributed by atoms with Crippen LogP contribution in [0.15, 0.2) is 79.8 Å². The number of carbonyl (C=O) groups is 1. The quantitative estimate of drug-likeness (QED) is 0.441. The van der Waals surface area contributed by atoms with Crippen LogP contribution >= 0.6 is 0 Å². The second-order valence-electron chi connectivity index (χ2n) is 7.70. The first kappa shape index (κ1) is 21.3. The van der Waals surface area contributed by atoms with Gasteiger partial charge < -0.3 is 19.9 Å². The number of rotatable bonds is 6. The lowest BCUT2D eigenvalue weighted by Crippen LogP contribution is -2.48. The fourth-order valence-corrected chi connectivity index (χ4v) is 3.74. The summed E-state index contributed by atoms with van der Waals surface area (Å²) in [4.78, 5) is 33.8. The number of nitrogens with one attached hydrogen (secondary N) is 1. The van der Waals surface area contributed by atoms with E-state index in [0.29, 0.717) is 49.1 Å². The number of amides is 1. The first-order valence-electron chi connectivity index (χ1n) is 10.9. The van der Waals surface area contributed by atoms with Gasteiger partial charge in [0, 0.05) is 26.2 Å². The maximum atomic E-state index is 11.9. The number of ether oxygens (including phenoxy) is 1. The maximum absolute atomic E-state index is 11.9. The summed E-state index contributed by atoms with van der Waals surface area (Å²) >= 11 is 0. The minimum Gasteiger partial charge on any atom is -0.456 e. The van der Waals surface area contributed by atoms with Crippen molar-refractivity contribution in [3.05, 3.63) is 79.8 Å². The Hall–Kier alpha value is -4.53. The number of benzene rings is 1. The van der Waals surface area contributed by atoms with E-state index in [0.717, 1.165) is 17.1 Å². The van der Waals surface area contributed by atoms with Crippen LogP contribution in [0.5, 0.6) is 11.5 Å². The summed E-state index contributed by atoms with van der Waals surface area (Å²) in [7, 11) is 0. The molecule has 1 fully saturated rings. The number of fused-ring (bicyclic) bond motifs is 1. The van der Waals surface area contributed by atoms with E-state index in [1.165, 1.54) is 12.4 Å². The topological polar surface area (TPSA) is 96.4 Å². The molecule has 1 aromatic carbocycles. The molecule has 0 unspecified atom stereocenters. The highest BCUT2D eigenvalue weighted by molar-refractivity contribution is 5.88. The summed E-state index contributed by atoms with van der Waals surface area (Å²) in [5.41, 5.74) is 1.38. The Labute approximate surface area is 196 Å². The molecule has 4 heterocycles. The summed E-state index contributed by atoms with van der Waals surface area (Å²) < 4.78 is 5.80.